The average molecular weight is 486 g/mol. The summed E-state index contributed by atoms with van der Waals surface area (Å²) in [6.07, 6.45) is -15.0. The first-order valence-corrected chi connectivity index (χ1v) is 10.2. The summed E-state index contributed by atoms with van der Waals surface area (Å²) in [4.78, 5) is 58.3. The molecule has 0 aromatic rings. The quantitative estimate of drug-likeness (QED) is 0.150. The second-order valence-electron chi connectivity index (χ2n) is 4.59. The van der Waals surface area contributed by atoms with Crippen LogP contribution in [-0.2, 0) is 27.3 Å². The zero-order valence-corrected chi connectivity index (χ0v) is 22.8. The van der Waals surface area contributed by atoms with Crippen molar-refractivity contribution in [3.63, 3.8) is 0 Å². The van der Waals surface area contributed by atoms with E-state index in [9.17, 15) is 43.7 Å². The van der Waals surface area contributed by atoms with Gasteiger partial charge in [-0.25, -0.2) is 4.57 Å². The van der Waals surface area contributed by atoms with Gasteiger partial charge in [-0.2, -0.15) is 0 Å². The molecule has 0 amide bonds. The molecular weight excluding hydrogens is 474 g/mol. The number of rotatable bonds is 6. The van der Waals surface area contributed by atoms with E-state index in [0.29, 0.717) is 0 Å². The van der Waals surface area contributed by atoms with Crippen molar-refractivity contribution in [2.75, 3.05) is 0 Å². The van der Waals surface area contributed by atoms with Crippen LogP contribution in [0.25, 0.3) is 0 Å². The minimum atomic E-state index is -5.95. The van der Waals surface area contributed by atoms with E-state index in [2.05, 4.69) is 13.6 Å². The van der Waals surface area contributed by atoms with Gasteiger partial charge in [0.25, 0.3) is 7.82 Å². The van der Waals surface area contributed by atoms with Crippen molar-refractivity contribution in [3.8, 4) is 0 Å². The molecule has 27 heavy (non-hydrogen) atoms. The van der Waals surface area contributed by atoms with Gasteiger partial charge < -0.3 is 58.3 Å². The Morgan fingerprint density at radius 1 is 0.630 bits per heavy atom. The fourth-order valence-corrected chi connectivity index (χ4v) is 3.64. The summed E-state index contributed by atoms with van der Waals surface area (Å²) in [5.74, 6) is 0. The molecular formula is C6H12Na3O15P3. The first-order valence-electron chi connectivity index (χ1n) is 5.72. The van der Waals surface area contributed by atoms with Crippen molar-refractivity contribution >= 4 is 23.5 Å². The Balaban J connectivity index is -0.00000192. The van der Waals surface area contributed by atoms with Gasteiger partial charge in [-0.3, -0.25) is 9.09 Å². The van der Waals surface area contributed by atoms with Crippen LogP contribution in [0.3, 0.4) is 0 Å². The largest absolute Gasteiger partial charge is 1.00 e. The van der Waals surface area contributed by atoms with Crippen LogP contribution >= 0.6 is 23.5 Å². The van der Waals surface area contributed by atoms with Crippen LogP contribution in [0.15, 0.2) is 0 Å². The Hall–Kier alpha value is 3.21. The maximum absolute atomic E-state index is 10.9. The van der Waals surface area contributed by atoms with Crippen LogP contribution < -0.4 is 103 Å². The summed E-state index contributed by atoms with van der Waals surface area (Å²) >= 11 is 0. The number of phosphoric acid groups is 3. The third-order valence-corrected chi connectivity index (χ3v) is 4.31. The topological polar surface area (TPSA) is 269 Å². The molecule has 0 spiro atoms. The van der Waals surface area contributed by atoms with Gasteiger partial charge in [-0.05, 0) is 0 Å². The molecule has 0 radical (unpaired) electrons. The molecule has 15 nitrogen and oxygen atoms in total. The minimum Gasteiger partial charge on any atom is -0.790 e. The Morgan fingerprint density at radius 3 is 1.30 bits per heavy atom. The molecule has 1 rings (SSSR count). The summed E-state index contributed by atoms with van der Waals surface area (Å²) in [6, 6.07) is 0. The molecule has 21 heteroatoms. The summed E-state index contributed by atoms with van der Waals surface area (Å²) in [7, 11) is -17.2. The fourth-order valence-electron chi connectivity index (χ4n) is 1.99. The normalized spacial score (nSPS) is 33.7. The van der Waals surface area contributed by atoms with Crippen molar-refractivity contribution in [3.05, 3.63) is 0 Å². The molecule has 0 aliphatic heterocycles. The SMILES string of the molecule is O=P([O-])([O-])OC1C(OP(=O)(O)O)C(OP(=O)([O-])O)[C@@H](O)[C@@H](O)[C@@H]1O.[Na+].[Na+].[Na+]. The summed E-state index contributed by atoms with van der Waals surface area (Å²) in [5.41, 5.74) is 0. The van der Waals surface area contributed by atoms with Crippen molar-refractivity contribution in [1.82, 2.24) is 0 Å². The van der Waals surface area contributed by atoms with Gasteiger partial charge in [0.2, 0.25) is 0 Å². The molecule has 7 atom stereocenters. The van der Waals surface area contributed by atoms with E-state index in [1.807, 2.05) is 0 Å². The van der Waals surface area contributed by atoms with E-state index < -0.39 is 60.1 Å². The maximum atomic E-state index is 10.9. The third kappa shape index (κ3) is 12.1. The van der Waals surface area contributed by atoms with Gasteiger partial charge in [-0.15, -0.1) is 0 Å². The van der Waals surface area contributed by atoms with E-state index in [4.69, 9.17) is 14.7 Å². The Morgan fingerprint density at radius 2 is 1.00 bits per heavy atom. The van der Waals surface area contributed by atoms with Crippen LogP contribution in [0.2, 0.25) is 0 Å². The fraction of sp³-hybridized carbons (Fsp3) is 1.00. The first-order chi connectivity index (χ1) is 10.5. The van der Waals surface area contributed by atoms with Gasteiger partial charge in [-0.1, -0.05) is 0 Å². The van der Waals surface area contributed by atoms with Crippen molar-refractivity contribution in [2.45, 2.75) is 36.6 Å². The third-order valence-electron chi connectivity index (χ3n) is 2.79. The molecule has 4 unspecified atom stereocenters. The van der Waals surface area contributed by atoms with Crippen LogP contribution in [-0.4, -0.2) is 66.6 Å². The smallest absolute Gasteiger partial charge is 0.790 e. The predicted molar refractivity (Wildman–Crippen MR) is 62.1 cm³/mol. The van der Waals surface area contributed by atoms with Crippen LogP contribution in [0, 0.1) is 0 Å². The van der Waals surface area contributed by atoms with Crippen molar-refractivity contribution < 1.29 is 161 Å². The molecule has 0 aromatic heterocycles. The van der Waals surface area contributed by atoms with Crippen LogP contribution in [0.5, 0.6) is 0 Å². The molecule has 0 heterocycles. The molecule has 144 valence electrons. The maximum Gasteiger partial charge on any atom is 1.00 e. The second-order valence-corrected chi connectivity index (χ2v) is 8.03. The predicted octanol–water partition coefficient (Wildman–Crippen LogP) is -14.4. The summed E-state index contributed by atoms with van der Waals surface area (Å²) < 4.78 is 44.1. The van der Waals surface area contributed by atoms with Gasteiger partial charge in [0, 0.05) is 0 Å². The Labute approximate surface area is 218 Å². The molecule has 0 saturated heterocycles. The first kappa shape index (κ1) is 34.8. The van der Waals surface area contributed by atoms with Gasteiger partial charge in [0.15, 0.2) is 0 Å². The van der Waals surface area contributed by atoms with Crippen LogP contribution in [0.4, 0.5) is 0 Å². The Bertz CT molecular complexity index is 549. The van der Waals surface area contributed by atoms with E-state index in [0.717, 1.165) is 0 Å². The number of hydrogen-bond acceptors (Lipinski definition) is 12. The molecule has 1 fully saturated rings. The molecule has 1 aliphatic rings. The molecule has 0 bridgehead atoms. The zero-order valence-electron chi connectivity index (χ0n) is 14.2. The minimum absolute atomic E-state index is 0. The average Bonchev–Trinajstić information content (AvgIpc) is 2.32. The zero-order chi connectivity index (χ0) is 19.1. The molecule has 6 N–H and O–H groups in total. The summed E-state index contributed by atoms with van der Waals surface area (Å²) in [6.45, 7) is 0. The molecule has 1 saturated carbocycles. The van der Waals surface area contributed by atoms with Gasteiger partial charge in [0.05, 0.1) is 7.82 Å². The number of aliphatic hydroxyl groups is 3. The monoisotopic (exact) mass is 486 g/mol. The number of phosphoric ester groups is 3. The second kappa shape index (κ2) is 13.0. The van der Waals surface area contributed by atoms with Crippen LogP contribution in [0.1, 0.15) is 0 Å². The standard InChI is InChI=1S/C6H15O15P3.3Na/c7-1-2(8)4(19-22(10,11)12)6(21-24(16,17)18)5(3(1)9)20-23(13,14)15;;;/h1-9H,(H2,10,11,12)(H2,13,14,15)(H2,16,17,18);;;/q;3*+1/p-3/t1-,2-,3-,4?,5?,6?;;;/m0.../s1. The van der Waals surface area contributed by atoms with Gasteiger partial charge in [0.1, 0.15) is 36.6 Å². The Kier molecular flexibility index (Phi) is 16.8. The molecule has 0 aromatic carbocycles. The van der Waals surface area contributed by atoms with E-state index >= 15 is 0 Å². The number of hydrogen-bond donors (Lipinski definition) is 6. The van der Waals surface area contributed by atoms with E-state index in [-0.39, 0.29) is 88.7 Å². The van der Waals surface area contributed by atoms with Gasteiger partial charge >= 0.3 is 96.5 Å². The van der Waals surface area contributed by atoms with Crippen molar-refractivity contribution in [2.24, 2.45) is 0 Å². The van der Waals surface area contributed by atoms with Crippen molar-refractivity contribution in [1.29, 1.82) is 0 Å². The summed E-state index contributed by atoms with van der Waals surface area (Å²) in [5, 5.41) is 28.8. The van der Waals surface area contributed by atoms with E-state index in [1.165, 1.54) is 0 Å². The number of aliphatic hydroxyl groups excluding tert-OH is 3. The van der Waals surface area contributed by atoms with E-state index in [1.54, 1.807) is 0 Å². The molecule has 1 aliphatic carbocycles.